The Labute approximate surface area is 64.5 Å². The summed E-state index contributed by atoms with van der Waals surface area (Å²) < 4.78 is 5.32. The van der Waals surface area contributed by atoms with Gasteiger partial charge in [-0.1, -0.05) is 0 Å². The standard InChI is InChI=1S/C7H11NO3/c9-6(10)7-1-2-11-5(3-7)4-8-7/h5,8H,1-4H2,(H,9,10)/t5?,7-/m1/s1. The molecule has 2 N–H and O–H groups in total. The Morgan fingerprint density at radius 1 is 1.73 bits per heavy atom. The van der Waals surface area contributed by atoms with Crippen molar-refractivity contribution in [1.29, 1.82) is 0 Å². The minimum atomic E-state index is -0.733. The van der Waals surface area contributed by atoms with Gasteiger partial charge in [0, 0.05) is 19.6 Å². The molecule has 0 amide bonds. The zero-order chi connectivity index (χ0) is 7.90. The molecule has 4 nitrogen and oxygen atoms in total. The maximum atomic E-state index is 10.8. The molecule has 0 saturated carbocycles. The molecule has 62 valence electrons. The van der Waals surface area contributed by atoms with Crippen molar-refractivity contribution in [3.63, 3.8) is 0 Å². The first kappa shape index (κ1) is 7.06. The number of hydrogen-bond donors (Lipinski definition) is 2. The Balaban J connectivity index is 2.19. The van der Waals surface area contributed by atoms with E-state index in [4.69, 9.17) is 9.84 Å². The number of nitrogens with one attached hydrogen (secondary N) is 1. The van der Waals surface area contributed by atoms with E-state index in [9.17, 15) is 4.79 Å². The number of carboxylic acid groups (broad SMARTS) is 1. The van der Waals surface area contributed by atoms with E-state index in [1.807, 2.05) is 0 Å². The van der Waals surface area contributed by atoms with Crippen LogP contribution >= 0.6 is 0 Å². The fraction of sp³-hybridized carbons (Fsp3) is 0.857. The molecule has 11 heavy (non-hydrogen) atoms. The zero-order valence-electron chi connectivity index (χ0n) is 6.17. The normalized spacial score (nSPS) is 42.4. The van der Waals surface area contributed by atoms with Crippen molar-refractivity contribution in [2.24, 2.45) is 0 Å². The largest absolute Gasteiger partial charge is 0.480 e. The lowest BCUT2D eigenvalue weighted by Crippen LogP contribution is -2.49. The highest BCUT2D eigenvalue weighted by molar-refractivity contribution is 5.79. The maximum Gasteiger partial charge on any atom is 0.324 e. The van der Waals surface area contributed by atoms with Gasteiger partial charge in [0.15, 0.2) is 0 Å². The summed E-state index contributed by atoms with van der Waals surface area (Å²) in [7, 11) is 0. The fourth-order valence-corrected chi connectivity index (χ4v) is 1.82. The van der Waals surface area contributed by atoms with Gasteiger partial charge < -0.3 is 9.84 Å². The third kappa shape index (κ3) is 0.937. The molecule has 0 spiro atoms. The number of ether oxygens (including phenoxy) is 1. The Morgan fingerprint density at radius 3 is 3.18 bits per heavy atom. The summed E-state index contributed by atoms with van der Waals surface area (Å²) in [6, 6.07) is 0. The Bertz CT molecular complexity index is 190. The Kier molecular flexibility index (Phi) is 1.40. The lowest BCUT2D eigenvalue weighted by molar-refractivity contribution is -0.147. The van der Waals surface area contributed by atoms with Crippen LogP contribution in [0.1, 0.15) is 12.8 Å². The molecule has 0 aromatic rings. The Hall–Kier alpha value is -0.610. The van der Waals surface area contributed by atoms with E-state index < -0.39 is 11.5 Å². The number of carbonyl (C=O) groups is 1. The van der Waals surface area contributed by atoms with Crippen molar-refractivity contribution in [3.8, 4) is 0 Å². The minimum Gasteiger partial charge on any atom is -0.480 e. The number of fused-ring (bicyclic) bond motifs is 2. The van der Waals surface area contributed by atoms with E-state index in [0.29, 0.717) is 26.0 Å². The first-order valence-electron chi connectivity index (χ1n) is 3.83. The molecular weight excluding hydrogens is 146 g/mol. The van der Waals surface area contributed by atoms with Crippen LogP contribution in [0.25, 0.3) is 0 Å². The highest BCUT2D eigenvalue weighted by atomic mass is 16.5. The molecule has 0 aromatic carbocycles. The third-order valence-corrected chi connectivity index (χ3v) is 2.54. The van der Waals surface area contributed by atoms with E-state index in [1.165, 1.54) is 0 Å². The minimum absolute atomic E-state index is 0.125. The molecule has 2 aliphatic rings. The second-order valence-corrected chi connectivity index (χ2v) is 3.22. The number of rotatable bonds is 1. The summed E-state index contributed by atoms with van der Waals surface area (Å²) in [6.07, 6.45) is 1.35. The average Bonchev–Trinajstić information content (AvgIpc) is 2.29. The summed E-state index contributed by atoms with van der Waals surface area (Å²) >= 11 is 0. The third-order valence-electron chi connectivity index (χ3n) is 2.54. The summed E-state index contributed by atoms with van der Waals surface area (Å²) in [5.41, 5.74) is -0.664. The van der Waals surface area contributed by atoms with Gasteiger partial charge in [0.2, 0.25) is 0 Å². The average molecular weight is 157 g/mol. The highest BCUT2D eigenvalue weighted by Gasteiger charge is 2.48. The molecule has 0 aromatic heterocycles. The number of carboxylic acids is 1. The highest BCUT2D eigenvalue weighted by Crippen LogP contribution is 2.30. The lowest BCUT2D eigenvalue weighted by Gasteiger charge is -2.27. The molecule has 1 unspecified atom stereocenters. The van der Waals surface area contributed by atoms with Crippen molar-refractivity contribution >= 4 is 5.97 Å². The number of aliphatic carboxylic acids is 1. The first-order chi connectivity index (χ1) is 5.23. The van der Waals surface area contributed by atoms with Crippen molar-refractivity contribution in [2.75, 3.05) is 13.2 Å². The molecule has 4 heteroatoms. The molecule has 2 atom stereocenters. The maximum absolute atomic E-state index is 10.8. The summed E-state index contributed by atoms with van der Waals surface area (Å²) in [5.74, 6) is -0.733. The van der Waals surface area contributed by atoms with Gasteiger partial charge in [-0.25, -0.2) is 0 Å². The molecule has 0 radical (unpaired) electrons. The number of hydrogen-bond acceptors (Lipinski definition) is 3. The van der Waals surface area contributed by atoms with Gasteiger partial charge in [0.1, 0.15) is 5.54 Å². The molecule has 2 bridgehead atoms. The Morgan fingerprint density at radius 2 is 2.55 bits per heavy atom. The van der Waals surface area contributed by atoms with E-state index in [2.05, 4.69) is 5.32 Å². The lowest BCUT2D eigenvalue weighted by atomic mass is 9.91. The topological polar surface area (TPSA) is 58.6 Å². The van der Waals surface area contributed by atoms with Crippen LogP contribution in [-0.4, -0.2) is 35.9 Å². The second-order valence-electron chi connectivity index (χ2n) is 3.22. The molecule has 2 heterocycles. The van der Waals surface area contributed by atoms with Crippen molar-refractivity contribution < 1.29 is 14.6 Å². The van der Waals surface area contributed by atoms with Gasteiger partial charge in [-0.15, -0.1) is 0 Å². The predicted octanol–water partition coefficient (Wildman–Crippen LogP) is -0.408. The molecular formula is C7H11NO3. The molecule has 2 aliphatic heterocycles. The van der Waals surface area contributed by atoms with E-state index in [-0.39, 0.29) is 6.10 Å². The first-order valence-corrected chi connectivity index (χ1v) is 3.83. The quantitative estimate of drug-likeness (QED) is 0.543. The van der Waals surface area contributed by atoms with Gasteiger partial charge >= 0.3 is 5.97 Å². The van der Waals surface area contributed by atoms with Crippen molar-refractivity contribution in [2.45, 2.75) is 24.5 Å². The summed E-state index contributed by atoms with van der Waals surface area (Å²) in [4.78, 5) is 10.8. The van der Waals surface area contributed by atoms with E-state index in [1.54, 1.807) is 0 Å². The molecule has 2 rings (SSSR count). The smallest absolute Gasteiger partial charge is 0.324 e. The van der Waals surface area contributed by atoms with Crippen LogP contribution in [0.5, 0.6) is 0 Å². The van der Waals surface area contributed by atoms with Crippen LogP contribution in [-0.2, 0) is 9.53 Å². The van der Waals surface area contributed by atoms with E-state index >= 15 is 0 Å². The summed E-state index contributed by atoms with van der Waals surface area (Å²) in [6.45, 7) is 1.26. The van der Waals surface area contributed by atoms with Crippen LogP contribution in [0.3, 0.4) is 0 Å². The van der Waals surface area contributed by atoms with Crippen LogP contribution < -0.4 is 5.32 Å². The van der Waals surface area contributed by atoms with Crippen LogP contribution in [0, 0.1) is 0 Å². The van der Waals surface area contributed by atoms with Crippen molar-refractivity contribution in [3.05, 3.63) is 0 Å². The zero-order valence-corrected chi connectivity index (χ0v) is 6.17. The van der Waals surface area contributed by atoms with Crippen LogP contribution in [0.2, 0.25) is 0 Å². The van der Waals surface area contributed by atoms with Gasteiger partial charge in [0.25, 0.3) is 0 Å². The van der Waals surface area contributed by atoms with Gasteiger partial charge in [-0.05, 0) is 6.42 Å². The van der Waals surface area contributed by atoms with Gasteiger partial charge in [0.05, 0.1) is 6.10 Å². The van der Waals surface area contributed by atoms with Crippen LogP contribution in [0.4, 0.5) is 0 Å². The molecule has 0 aliphatic carbocycles. The van der Waals surface area contributed by atoms with Crippen LogP contribution in [0.15, 0.2) is 0 Å². The van der Waals surface area contributed by atoms with Gasteiger partial charge in [-0.2, -0.15) is 0 Å². The fourth-order valence-electron chi connectivity index (χ4n) is 1.82. The summed E-state index contributed by atoms with van der Waals surface area (Å²) in [5, 5.41) is 11.9. The molecule has 2 fully saturated rings. The monoisotopic (exact) mass is 157 g/mol. The second kappa shape index (κ2) is 2.19. The van der Waals surface area contributed by atoms with Crippen molar-refractivity contribution in [1.82, 2.24) is 5.32 Å². The SMILES string of the molecule is O=C(O)[C@]12CCOC(CN1)C2. The predicted molar refractivity (Wildman–Crippen MR) is 37.3 cm³/mol. The van der Waals surface area contributed by atoms with Gasteiger partial charge in [-0.3, -0.25) is 10.1 Å². The van der Waals surface area contributed by atoms with E-state index in [0.717, 1.165) is 0 Å². The molecule has 2 saturated heterocycles.